The Morgan fingerprint density at radius 2 is 1.70 bits per heavy atom. The summed E-state index contributed by atoms with van der Waals surface area (Å²) in [6.07, 6.45) is 0. The van der Waals surface area contributed by atoms with Gasteiger partial charge in [0.25, 0.3) is 0 Å². The van der Waals surface area contributed by atoms with Crippen molar-refractivity contribution in [2.75, 3.05) is 0 Å². The topological polar surface area (TPSA) is 59.0 Å². The maximum absolute atomic E-state index is 13.2. The number of benzene rings is 2. The Labute approximate surface area is 158 Å². The van der Waals surface area contributed by atoms with Crippen LogP contribution in [0.25, 0.3) is 0 Å². The highest BCUT2D eigenvalue weighted by Gasteiger charge is 2.12. The lowest BCUT2D eigenvalue weighted by molar-refractivity contribution is 0.240. The quantitative estimate of drug-likeness (QED) is 0.699. The van der Waals surface area contributed by atoms with E-state index < -0.39 is 0 Å². The highest BCUT2D eigenvalue weighted by atomic mass is 19.1. The summed E-state index contributed by atoms with van der Waals surface area (Å²) in [6.45, 7) is 5.30. The lowest BCUT2D eigenvalue weighted by Crippen LogP contribution is -2.34. The summed E-state index contributed by atoms with van der Waals surface area (Å²) in [7, 11) is 0. The molecule has 2 aromatic carbocycles. The van der Waals surface area contributed by atoms with E-state index in [1.54, 1.807) is 12.1 Å². The Morgan fingerprint density at radius 3 is 2.44 bits per heavy atom. The van der Waals surface area contributed by atoms with Crippen LogP contribution in [0.5, 0.6) is 0 Å². The maximum atomic E-state index is 13.2. The number of urea groups is 1. The lowest BCUT2D eigenvalue weighted by atomic mass is 10.2. The highest BCUT2D eigenvalue weighted by Crippen LogP contribution is 2.14. The van der Waals surface area contributed by atoms with E-state index in [1.807, 2.05) is 36.7 Å². The van der Waals surface area contributed by atoms with Gasteiger partial charge >= 0.3 is 6.03 Å². The van der Waals surface area contributed by atoms with Crippen LogP contribution in [0.2, 0.25) is 0 Å². The number of nitrogens with zero attached hydrogens (tertiary/aromatic N) is 2. The van der Waals surface area contributed by atoms with Gasteiger partial charge in [0.2, 0.25) is 0 Å². The zero-order valence-corrected chi connectivity index (χ0v) is 15.5. The lowest BCUT2D eigenvalue weighted by Gasteiger charge is -2.09. The van der Waals surface area contributed by atoms with Crippen LogP contribution in [0, 0.1) is 19.7 Å². The fourth-order valence-corrected chi connectivity index (χ4v) is 2.96. The van der Waals surface area contributed by atoms with Crippen LogP contribution in [0.4, 0.5) is 9.18 Å². The summed E-state index contributed by atoms with van der Waals surface area (Å²) in [5, 5.41) is 10.2. The van der Waals surface area contributed by atoms with Crippen molar-refractivity contribution < 1.29 is 9.18 Å². The van der Waals surface area contributed by atoms with Crippen molar-refractivity contribution in [2.45, 2.75) is 33.5 Å². The zero-order chi connectivity index (χ0) is 19.2. The van der Waals surface area contributed by atoms with E-state index >= 15 is 0 Å². The molecule has 0 saturated heterocycles. The van der Waals surface area contributed by atoms with E-state index in [2.05, 4.69) is 27.9 Å². The predicted octanol–water partition coefficient (Wildman–Crippen LogP) is 3.69. The third-order valence-corrected chi connectivity index (χ3v) is 4.47. The van der Waals surface area contributed by atoms with Gasteiger partial charge in [-0.3, -0.25) is 4.68 Å². The molecule has 0 aliphatic carbocycles. The molecule has 0 atom stereocenters. The van der Waals surface area contributed by atoms with Crippen LogP contribution in [0.1, 0.15) is 28.1 Å². The molecule has 0 unspecified atom stereocenters. The van der Waals surface area contributed by atoms with Crippen LogP contribution in [-0.4, -0.2) is 15.8 Å². The van der Waals surface area contributed by atoms with E-state index in [0.29, 0.717) is 18.7 Å². The van der Waals surface area contributed by atoms with Crippen molar-refractivity contribution in [2.24, 2.45) is 0 Å². The fourth-order valence-electron chi connectivity index (χ4n) is 2.96. The van der Waals surface area contributed by atoms with Crippen molar-refractivity contribution in [1.82, 2.24) is 20.4 Å². The van der Waals surface area contributed by atoms with E-state index in [0.717, 1.165) is 17.0 Å². The highest BCUT2D eigenvalue weighted by molar-refractivity contribution is 5.73. The van der Waals surface area contributed by atoms with Gasteiger partial charge in [-0.2, -0.15) is 5.10 Å². The van der Waals surface area contributed by atoms with Gasteiger partial charge in [-0.15, -0.1) is 0 Å². The van der Waals surface area contributed by atoms with Gasteiger partial charge in [0, 0.05) is 24.3 Å². The number of rotatable bonds is 6. The smallest absolute Gasteiger partial charge is 0.315 e. The molecular formula is C21H23FN4O. The SMILES string of the molecule is Cc1nn(Cc2ccccc2)c(C)c1CNC(=O)NCc1cccc(F)c1. The maximum Gasteiger partial charge on any atom is 0.315 e. The first-order valence-electron chi connectivity index (χ1n) is 8.86. The molecule has 0 saturated carbocycles. The van der Waals surface area contributed by atoms with Gasteiger partial charge in [0.1, 0.15) is 5.82 Å². The average molecular weight is 366 g/mol. The third kappa shape index (κ3) is 4.94. The summed E-state index contributed by atoms with van der Waals surface area (Å²) >= 11 is 0. The molecule has 0 aliphatic heterocycles. The van der Waals surface area contributed by atoms with Gasteiger partial charge in [-0.1, -0.05) is 42.5 Å². The van der Waals surface area contributed by atoms with Crippen molar-refractivity contribution in [1.29, 1.82) is 0 Å². The molecule has 0 aliphatic rings. The molecular weight excluding hydrogens is 343 g/mol. The number of halogens is 1. The van der Waals surface area contributed by atoms with Gasteiger partial charge < -0.3 is 10.6 Å². The molecule has 5 nitrogen and oxygen atoms in total. The minimum absolute atomic E-state index is 0.273. The molecule has 3 aromatic rings. The van der Waals surface area contributed by atoms with Crippen molar-refractivity contribution in [3.8, 4) is 0 Å². The van der Waals surface area contributed by atoms with Crippen molar-refractivity contribution >= 4 is 6.03 Å². The summed E-state index contributed by atoms with van der Waals surface area (Å²) in [6, 6.07) is 16.0. The Balaban J connectivity index is 1.56. The standard InChI is InChI=1S/C21H23FN4O/c1-15-20(16(2)26(25-15)14-17-7-4-3-5-8-17)13-24-21(27)23-12-18-9-6-10-19(22)11-18/h3-11H,12-14H2,1-2H3,(H2,23,24,27). The Hall–Kier alpha value is -3.15. The van der Waals surface area contributed by atoms with Crippen LogP contribution in [0.3, 0.4) is 0 Å². The molecule has 0 spiro atoms. The summed E-state index contributed by atoms with van der Waals surface area (Å²) in [5.74, 6) is -0.313. The minimum atomic E-state index is -0.313. The number of hydrogen-bond donors (Lipinski definition) is 2. The van der Waals surface area contributed by atoms with Gasteiger partial charge in [0.15, 0.2) is 0 Å². The van der Waals surface area contributed by atoms with Crippen molar-refractivity contribution in [3.63, 3.8) is 0 Å². The van der Waals surface area contributed by atoms with Gasteiger partial charge in [-0.25, -0.2) is 9.18 Å². The van der Waals surface area contributed by atoms with E-state index in [9.17, 15) is 9.18 Å². The van der Waals surface area contributed by atoms with Crippen LogP contribution in [-0.2, 0) is 19.6 Å². The third-order valence-electron chi connectivity index (χ3n) is 4.47. The largest absolute Gasteiger partial charge is 0.334 e. The predicted molar refractivity (Wildman–Crippen MR) is 103 cm³/mol. The molecule has 2 amide bonds. The van der Waals surface area contributed by atoms with Gasteiger partial charge in [0.05, 0.1) is 12.2 Å². The number of aryl methyl sites for hydroxylation is 1. The fraction of sp³-hybridized carbons (Fsp3) is 0.238. The molecule has 2 N–H and O–H groups in total. The first-order chi connectivity index (χ1) is 13.0. The summed E-state index contributed by atoms with van der Waals surface area (Å²) in [5.41, 5.74) is 4.83. The second-order valence-electron chi connectivity index (χ2n) is 6.46. The second-order valence-corrected chi connectivity index (χ2v) is 6.46. The van der Waals surface area contributed by atoms with E-state index in [-0.39, 0.29) is 18.4 Å². The second kappa shape index (κ2) is 8.49. The Bertz CT molecular complexity index is 921. The first-order valence-corrected chi connectivity index (χ1v) is 8.86. The molecule has 0 bridgehead atoms. The van der Waals surface area contributed by atoms with Crippen molar-refractivity contribution in [3.05, 3.63) is 88.5 Å². The molecule has 140 valence electrons. The van der Waals surface area contributed by atoms with E-state index in [4.69, 9.17) is 0 Å². The number of carbonyl (C=O) groups excluding carboxylic acids is 1. The number of hydrogen-bond acceptors (Lipinski definition) is 2. The van der Waals surface area contributed by atoms with Crippen LogP contribution in [0.15, 0.2) is 54.6 Å². The van der Waals surface area contributed by atoms with Crippen LogP contribution >= 0.6 is 0 Å². The summed E-state index contributed by atoms with van der Waals surface area (Å²) < 4.78 is 15.1. The molecule has 1 heterocycles. The normalized spacial score (nSPS) is 10.6. The molecule has 0 radical (unpaired) electrons. The number of nitrogens with one attached hydrogen (secondary N) is 2. The number of carbonyl (C=O) groups is 1. The van der Waals surface area contributed by atoms with E-state index in [1.165, 1.54) is 17.7 Å². The Kier molecular flexibility index (Phi) is 5.86. The number of amides is 2. The molecule has 6 heteroatoms. The molecule has 3 rings (SSSR count). The summed E-state index contributed by atoms with van der Waals surface area (Å²) in [4.78, 5) is 12.1. The van der Waals surface area contributed by atoms with Crippen LogP contribution < -0.4 is 10.6 Å². The monoisotopic (exact) mass is 366 g/mol. The molecule has 0 fully saturated rings. The zero-order valence-electron chi connectivity index (χ0n) is 15.5. The molecule has 27 heavy (non-hydrogen) atoms. The molecule has 1 aromatic heterocycles. The average Bonchev–Trinajstić information content (AvgIpc) is 2.92. The minimum Gasteiger partial charge on any atom is -0.334 e. The Morgan fingerprint density at radius 1 is 1.00 bits per heavy atom. The number of aromatic nitrogens is 2. The first kappa shape index (κ1) is 18.6. The van der Waals surface area contributed by atoms with Gasteiger partial charge in [-0.05, 0) is 37.1 Å².